The second-order valence-corrected chi connectivity index (χ2v) is 5.40. The summed E-state index contributed by atoms with van der Waals surface area (Å²) in [7, 11) is 0. The highest BCUT2D eigenvalue weighted by Crippen LogP contribution is 2.35. The van der Waals surface area contributed by atoms with Gasteiger partial charge in [-0.2, -0.15) is 5.26 Å². The number of nitrogens with zero attached hydrogens (tertiary/aromatic N) is 3. The molecule has 0 spiro atoms. The summed E-state index contributed by atoms with van der Waals surface area (Å²) in [5.74, 6) is 0.439. The Morgan fingerprint density at radius 1 is 1.38 bits per heavy atom. The lowest BCUT2D eigenvalue weighted by molar-refractivity contribution is -0.385. The van der Waals surface area contributed by atoms with Crippen LogP contribution in [0.3, 0.4) is 0 Å². The van der Waals surface area contributed by atoms with Crippen LogP contribution < -0.4 is 10.3 Å². The molecule has 8 nitrogen and oxygen atoms in total. The van der Waals surface area contributed by atoms with E-state index >= 15 is 0 Å². The molecule has 2 aromatic rings. The van der Waals surface area contributed by atoms with Crippen molar-refractivity contribution >= 4 is 5.69 Å². The van der Waals surface area contributed by atoms with Crippen molar-refractivity contribution in [1.29, 1.82) is 5.26 Å². The van der Waals surface area contributed by atoms with Crippen molar-refractivity contribution in [3.8, 4) is 11.8 Å². The van der Waals surface area contributed by atoms with E-state index in [1.54, 1.807) is 12.1 Å². The summed E-state index contributed by atoms with van der Waals surface area (Å²) < 4.78 is 6.69. The second kappa shape index (κ2) is 6.14. The summed E-state index contributed by atoms with van der Waals surface area (Å²) in [6.07, 6.45) is 0.362. The van der Waals surface area contributed by atoms with E-state index in [1.165, 1.54) is 6.07 Å². The molecule has 0 fully saturated rings. The first-order valence-electron chi connectivity index (χ1n) is 7.23. The van der Waals surface area contributed by atoms with Crippen LogP contribution in [-0.4, -0.2) is 27.3 Å². The summed E-state index contributed by atoms with van der Waals surface area (Å²) in [5.41, 5.74) is 0.0430. The number of pyridine rings is 1. The van der Waals surface area contributed by atoms with Gasteiger partial charge >= 0.3 is 0 Å². The fourth-order valence-electron chi connectivity index (χ4n) is 2.79. The molecule has 1 aliphatic heterocycles. The Bertz CT molecular complexity index is 899. The van der Waals surface area contributed by atoms with Crippen molar-refractivity contribution < 1.29 is 14.8 Å². The highest BCUT2D eigenvalue weighted by Gasteiger charge is 2.30. The summed E-state index contributed by atoms with van der Waals surface area (Å²) >= 11 is 0. The van der Waals surface area contributed by atoms with Crippen molar-refractivity contribution in [3.63, 3.8) is 0 Å². The van der Waals surface area contributed by atoms with Crippen LogP contribution in [0.25, 0.3) is 0 Å². The Hall–Kier alpha value is -3.18. The van der Waals surface area contributed by atoms with Gasteiger partial charge in [0.25, 0.3) is 11.2 Å². The molecule has 1 N–H and O–H groups in total. The average Bonchev–Trinajstić information content (AvgIpc) is 2.73. The molecule has 0 bridgehead atoms. The van der Waals surface area contributed by atoms with Gasteiger partial charge in [-0.05, 0) is 18.2 Å². The summed E-state index contributed by atoms with van der Waals surface area (Å²) in [6.45, 7) is 0.236. The molecular weight excluding hydrogens is 314 g/mol. The number of benzene rings is 1. The van der Waals surface area contributed by atoms with Gasteiger partial charge in [0.1, 0.15) is 5.75 Å². The normalized spacial score (nSPS) is 19.5. The summed E-state index contributed by atoms with van der Waals surface area (Å²) in [6, 6.07) is 8.03. The molecule has 2 atom stereocenters. The standard InChI is InChI=1S/C16H13N3O5/c17-8-10-1-3-14-12(7-10)16(13(20)5-6-24-14)18-9-11(19(22)23)2-4-15(18)21/h1-4,7,9,13,16,20H,5-6H2/t13-,16-/m1/s1. The minimum Gasteiger partial charge on any atom is -0.493 e. The minimum absolute atomic E-state index is 0.236. The highest BCUT2D eigenvalue weighted by atomic mass is 16.6. The topological polar surface area (TPSA) is 118 Å². The van der Waals surface area contributed by atoms with Crippen molar-refractivity contribution in [2.45, 2.75) is 18.6 Å². The van der Waals surface area contributed by atoms with E-state index in [0.29, 0.717) is 16.9 Å². The van der Waals surface area contributed by atoms with Crippen molar-refractivity contribution in [3.05, 3.63) is 68.1 Å². The Labute approximate surface area is 136 Å². The Kier molecular flexibility index (Phi) is 4.02. The zero-order valence-corrected chi connectivity index (χ0v) is 12.5. The van der Waals surface area contributed by atoms with E-state index in [2.05, 4.69) is 0 Å². The number of aliphatic hydroxyl groups excluding tert-OH is 1. The minimum atomic E-state index is -0.986. The van der Waals surface area contributed by atoms with Gasteiger partial charge in [-0.25, -0.2) is 0 Å². The van der Waals surface area contributed by atoms with Crippen LogP contribution in [0.2, 0.25) is 0 Å². The number of hydrogen-bond donors (Lipinski definition) is 1. The van der Waals surface area contributed by atoms with Crippen LogP contribution in [0.4, 0.5) is 5.69 Å². The SMILES string of the molecule is N#Cc1ccc2c(c1)[C@@H](n1cc([N+](=O)[O-])ccc1=O)[C@H](O)CCO2. The van der Waals surface area contributed by atoms with Crippen LogP contribution >= 0.6 is 0 Å². The fourth-order valence-corrected chi connectivity index (χ4v) is 2.79. The molecule has 1 aromatic heterocycles. The van der Waals surface area contributed by atoms with Gasteiger partial charge < -0.3 is 9.84 Å². The molecule has 0 amide bonds. The molecule has 3 rings (SSSR count). The van der Waals surface area contributed by atoms with Gasteiger partial charge in [0.2, 0.25) is 0 Å². The predicted molar refractivity (Wildman–Crippen MR) is 82.8 cm³/mol. The van der Waals surface area contributed by atoms with Crippen molar-refractivity contribution in [2.24, 2.45) is 0 Å². The number of nitro groups is 1. The number of aromatic nitrogens is 1. The molecule has 1 aromatic carbocycles. The maximum absolute atomic E-state index is 12.2. The van der Waals surface area contributed by atoms with Gasteiger partial charge in [-0.1, -0.05) is 0 Å². The van der Waals surface area contributed by atoms with Crippen LogP contribution in [0, 0.1) is 21.4 Å². The van der Waals surface area contributed by atoms with Gasteiger partial charge in [0.05, 0.1) is 41.5 Å². The van der Waals surface area contributed by atoms with E-state index in [9.17, 15) is 20.0 Å². The zero-order chi connectivity index (χ0) is 17.3. The Morgan fingerprint density at radius 3 is 2.88 bits per heavy atom. The van der Waals surface area contributed by atoms with Crippen LogP contribution in [0.1, 0.15) is 23.6 Å². The van der Waals surface area contributed by atoms with E-state index in [0.717, 1.165) is 22.9 Å². The number of ether oxygens (including phenoxy) is 1. The van der Waals surface area contributed by atoms with Crippen molar-refractivity contribution in [1.82, 2.24) is 4.57 Å². The van der Waals surface area contributed by atoms with E-state index in [1.807, 2.05) is 6.07 Å². The second-order valence-electron chi connectivity index (χ2n) is 5.40. The van der Waals surface area contributed by atoms with E-state index in [4.69, 9.17) is 10.00 Å². The summed E-state index contributed by atoms with van der Waals surface area (Å²) in [5, 5.41) is 30.6. The molecule has 24 heavy (non-hydrogen) atoms. The van der Waals surface area contributed by atoms with Crippen LogP contribution in [0.15, 0.2) is 41.3 Å². The maximum atomic E-state index is 12.2. The van der Waals surface area contributed by atoms with E-state index in [-0.39, 0.29) is 18.7 Å². The Morgan fingerprint density at radius 2 is 2.17 bits per heavy atom. The molecule has 0 saturated heterocycles. The highest BCUT2D eigenvalue weighted by molar-refractivity contribution is 5.45. The number of hydrogen-bond acceptors (Lipinski definition) is 6. The molecular formula is C16H13N3O5. The third-order valence-electron chi connectivity index (χ3n) is 3.93. The Balaban J connectivity index is 2.23. The van der Waals surface area contributed by atoms with Gasteiger partial charge in [0, 0.05) is 24.1 Å². The molecule has 0 unspecified atom stereocenters. The number of nitriles is 1. The van der Waals surface area contributed by atoms with E-state index < -0.39 is 22.6 Å². The quantitative estimate of drug-likeness (QED) is 0.657. The van der Waals surface area contributed by atoms with Crippen molar-refractivity contribution in [2.75, 3.05) is 6.61 Å². The van der Waals surface area contributed by atoms with Gasteiger partial charge in [0.15, 0.2) is 0 Å². The molecule has 0 aliphatic carbocycles. The molecule has 0 saturated carbocycles. The third-order valence-corrected chi connectivity index (χ3v) is 3.93. The van der Waals surface area contributed by atoms with Gasteiger partial charge in [-0.15, -0.1) is 0 Å². The lowest BCUT2D eigenvalue weighted by Crippen LogP contribution is -2.32. The molecule has 2 heterocycles. The average molecular weight is 327 g/mol. The lowest BCUT2D eigenvalue weighted by Gasteiger charge is -2.23. The molecule has 0 radical (unpaired) electrons. The monoisotopic (exact) mass is 327 g/mol. The molecule has 8 heteroatoms. The third kappa shape index (κ3) is 2.73. The molecule has 1 aliphatic rings. The first kappa shape index (κ1) is 15.7. The first-order valence-corrected chi connectivity index (χ1v) is 7.23. The number of aliphatic hydroxyl groups is 1. The molecule has 122 valence electrons. The van der Waals surface area contributed by atoms with Crippen LogP contribution in [0.5, 0.6) is 5.75 Å². The van der Waals surface area contributed by atoms with Gasteiger partial charge in [-0.3, -0.25) is 19.5 Å². The smallest absolute Gasteiger partial charge is 0.285 e. The largest absolute Gasteiger partial charge is 0.493 e. The maximum Gasteiger partial charge on any atom is 0.285 e. The zero-order valence-electron chi connectivity index (χ0n) is 12.5. The summed E-state index contributed by atoms with van der Waals surface area (Å²) in [4.78, 5) is 22.6. The number of fused-ring (bicyclic) bond motifs is 1. The lowest BCUT2D eigenvalue weighted by atomic mass is 9.97. The first-order chi connectivity index (χ1) is 11.5. The number of rotatable bonds is 2. The predicted octanol–water partition coefficient (Wildman–Crippen LogP) is 1.36. The van der Waals surface area contributed by atoms with Crippen LogP contribution in [-0.2, 0) is 0 Å². The fraction of sp³-hybridized carbons (Fsp3) is 0.250.